The Kier molecular flexibility index (Phi) is 6.30. The van der Waals surface area contributed by atoms with E-state index in [0.29, 0.717) is 44.4 Å². The summed E-state index contributed by atoms with van der Waals surface area (Å²) in [6.45, 7) is 1.92. The summed E-state index contributed by atoms with van der Waals surface area (Å²) in [5, 5.41) is 10.5. The van der Waals surface area contributed by atoms with Crippen LogP contribution in [-0.4, -0.2) is 21.2 Å². The molecule has 0 aliphatic carbocycles. The van der Waals surface area contributed by atoms with Crippen molar-refractivity contribution in [1.29, 1.82) is 5.26 Å². The van der Waals surface area contributed by atoms with E-state index in [4.69, 9.17) is 20.8 Å². The molecule has 4 rings (SSSR count). The molecule has 0 aliphatic rings. The molecule has 0 bridgehead atoms. The van der Waals surface area contributed by atoms with Crippen LogP contribution in [0, 0.1) is 18.3 Å². The molecule has 2 aromatic heterocycles. The third kappa shape index (κ3) is 4.26. The highest BCUT2D eigenvalue weighted by Crippen LogP contribution is 2.32. The molecule has 0 atom stereocenters. The first-order chi connectivity index (χ1) is 15.5. The van der Waals surface area contributed by atoms with E-state index >= 15 is 0 Å². The van der Waals surface area contributed by atoms with Gasteiger partial charge in [0, 0.05) is 5.56 Å². The van der Waals surface area contributed by atoms with Crippen molar-refractivity contribution >= 4 is 23.4 Å². The number of nitrogens with one attached hydrogen (secondary N) is 1. The van der Waals surface area contributed by atoms with Gasteiger partial charge in [0.05, 0.1) is 10.6 Å². The Bertz CT molecular complexity index is 1390. The second-order valence-electron chi connectivity index (χ2n) is 6.70. The Morgan fingerprint density at radius 3 is 2.59 bits per heavy atom. The molecule has 160 valence electrons. The van der Waals surface area contributed by atoms with Gasteiger partial charge in [-0.15, -0.1) is 0 Å². The predicted octanol–water partition coefficient (Wildman–Crippen LogP) is 5.23. The van der Waals surface area contributed by atoms with Gasteiger partial charge in [0.25, 0.3) is 5.56 Å². The molecule has 7 nitrogen and oxygen atoms in total. The Labute approximate surface area is 193 Å². The van der Waals surface area contributed by atoms with E-state index in [-0.39, 0.29) is 17.9 Å². The number of H-pyrrole nitrogens is 1. The monoisotopic (exact) mass is 464 g/mol. The van der Waals surface area contributed by atoms with E-state index in [1.807, 2.05) is 24.3 Å². The van der Waals surface area contributed by atoms with Crippen LogP contribution in [0.15, 0.2) is 62.9 Å². The first-order valence-electron chi connectivity index (χ1n) is 9.53. The Morgan fingerprint density at radius 2 is 1.88 bits per heavy atom. The van der Waals surface area contributed by atoms with Crippen molar-refractivity contribution in [3.63, 3.8) is 0 Å². The largest absolute Gasteiger partial charge is 0.486 e. The first-order valence-corrected chi connectivity index (χ1v) is 11.1. The number of nitriles is 1. The van der Waals surface area contributed by atoms with Gasteiger partial charge in [-0.05, 0) is 37.4 Å². The van der Waals surface area contributed by atoms with Crippen LogP contribution in [0.25, 0.3) is 22.7 Å². The van der Waals surface area contributed by atoms with Gasteiger partial charge in [-0.25, -0.2) is 9.97 Å². The van der Waals surface area contributed by atoms with E-state index < -0.39 is 5.56 Å². The van der Waals surface area contributed by atoms with Crippen LogP contribution in [0.5, 0.6) is 5.75 Å². The fraction of sp³-hybridized carbons (Fsp3) is 0.130. The summed E-state index contributed by atoms with van der Waals surface area (Å²) in [4.78, 5) is 23.9. The van der Waals surface area contributed by atoms with E-state index in [9.17, 15) is 10.1 Å². The van der Waals surface area contributed by atoms with Gasteiger partial charge in [0.2, 0.25) is 5.89 Å². The Hall–Kier alpha value is -3.54. The topological polar surface area (TPSA) is 105 Å². The summed E-state index contributed by atoms with van der Waals surface area (Å²) in [6.07, 6.45) is 1.79. The maximum absolute atomic E-state index is 12.3. The highest BCUT2D eigenvalue weighted by Gasteiger charge is 2.18. The summed E-state index contributed by atoms with van der Waals surface area (Å²) >= 11 is 7.53. The summed E-state index contributed by atoms with van der Waals surface area (Å²) < 4.78 is 11.8. The molecule has 0 amide bonds. The average molecular weight is 465 g/mol. The number of ether oxygens (including phenoxy) is 1. The normalized spacial score (nSPS) is 10.7. The molecule has 0 unspecified atom stereocenters. The third-order valence-corrected chi connectivity index (χ3v) is 5.62. The summed E-state index contributed by atoms with van der Waals surface area (Å²) in [6, 6.07) is 16.3. The number of thioether (sulfide) groups is 1. The zero-order valence-electron chi connectivity index (χ0n) is 17.2. The minimum atomic E-state index is -0.492. The smallest absolute Gasteiger partial charge is 0.270 e. The van der Waals surface area contributed by atoms with Gasteiger partial charge in [0.1, 0.15) is 41.1 Å². The van der Waals surface area contributed by atoms with Crippen molar-refractivity contribution < 1.29 is 9.15 Å². The van der Waals surface area contributed by atoms with E-state index in [0.717, 1.165) is 0 Å². The summed E-state index contributed by atoms with van der Waals surface area (Å²) in [5.74, 6) is 1.48. The quantitative estimate of drug-likeness (QED) is 0.308. The van der Waals surface area contributed by atoms with Crippen LogP contribution in [0.4, 0.5) is 0 Å². The van der Waals surface area contributed by atoms with Crippen LogP contribution in [0.3, 0.4) is 0 Å². The van der Waals surface area contributed by atoms with Gasteiger partial charge in [-0.2, -0.15) is 5.26 Å². The molecule has 0 spiro atoms. The fourth-order valence-electron chi connectivity index (χ4n) is 3.09. The molecule has 4 aromatic rings. The molecular formula is C23H17ClN4O3S. The van der Waals surface area contributed by atoms with E-state index in [2.05, 4.69) is 15.0 Å². The highest BCUT2D eigenvalue weighted by atomic mass is 35.5. The van der Waals surface area contributed by atoms with E-state index in [1.165, 1.54) is 11.8 Å². The molecule has 1 N–H and O–H groups in total. The molecule has 2 aromatic carbocycles. The molecular weight excluding hydrogens is 448 g/mol. The number of hydrogen-bond donors (Lipinski definition) is 1. The predicted molar refractivity (Wildman–Crippen MR) is 123 cm³/mol. The van der Waals surface area contributed by atoms with Crippen molar-refractivity contribution in [3.8, 4) is 34.5 Å². The number of aromatic nitrogens is 3. The number of oxazole rings is 1. The molecule has 9 heteroatoms. The van der Waals surface area contributed by atoms with Crippen LogP contribution in [0.1, 0.15) is 17.0 Å². The SMILES string of the molecule is CSc1nc(-c2ccccc2OCc2nc(-c3ccccc3Cl)oc2C)c(C#N)c(=O)[nH]1. The van der Waals surface area contributed by atoms with Gasteiger partial charge in [-0.1, -0.05) is 47.6 Å². The lowest BCUT2D eigenvalue weighted by atomic mass is 10.1. The number of benzene rings is 2. The van der Waals surface area contributed by atoms with Crippen LogP contribution >= 0.6 is 23.4 Å². The standard InChI is InChI=1S/C23H17ClN4O3S/c1-13-18(26-22(31-13)14-7-3-5-9-17(14)24)12-30-19-10-6-4-8-15(19)20-16(11-25)21(29)28-23(27-20)32-2/h3-10H,12H2,1-2H3,(H,27,28,29). The average Bonchev–Trinajstić information content (AvgIpc) is 3.17. The molecule has 2 heterocycles. The highest BCUT2D eigenvalue weighted by molar-refractivity contribution is 7.98. The first kappa shape index (κ1) is 21.7. The maximum atomic E-state index is 12.3. The maximum Gasteiger partial charge on any atom is 0.270 e. The number of aromatic amines is 1. The number of rotatable bonds is 6. The number of hydrogen-bond acceptors (Lipinski definition) is 7. The number of aryl methyl sites for hydroxylation is 1. The van der Waals surface area contributed by atoms with Gasteiger partial charge >= 0.3 is 0 Å². The van der Waals surface area contributed by atoms with Gasteiger partial charge < -0.3 is 14.1 Å². The summed E-state index contributed by atoms with van der Waals surface area (Å²) in [5.41, 5.74) is 1.55. The second-order valence-corrected chi connectivity index (χ2v) is 7.90. The second kappa shape index (κ2) is 9.30. The van der Waals surface area contributed by atoms with Gasteiger partial charge in [-0.3, -0.25) is 4.79 Å². The lowest BCUT2D eigenvalue weighted by Crippen LogP contribution is -2.15. The van der Waals surface area contributed by atoms with E-state index in [1.54, 1.807) is 43.5 Å². The van der Waals surface area contributed by atoms with Crippen LogP contribution in [0.2, 0.25) is 5.02 Å². The lowest BCUT2D eigenvalue weighted by Gasteiger charge is -2.11. The lowest BCUT2D eigenvalue weighted by molar-refractivity contribution is 0.300. The number of halogens is 1. The molecule has 0 aliphatic heterocycles. The van der Waals surface area contributed by atoms with Crippen molar-refractivity contribution in [2.45, 2.75) is 18.7 Å². The third-order valence-electron chi connectivity index (χ3n) is 4.71. The number of nitrogens with zero attached hydrogens (tertiary/aromatic N) is 3. The van der Waals surface area contributed by atoms with Crippen molar-refractivity contribution in [1.82, 2.24) is 15.0 Å². The molecule has 32 heavy (non-hydrogen) atoms. The molecule has 0 saturated carbocycles. The fourth-order valence-corrected chi connectivity index (χ4v) is 3.69. The van der Waals surface area contributed by atoms with Crippen LogP contribution < -0.4 is 10.3 Å². The zero-order chi connectivity index (χ0) is 22.7. The van der Waals surface area contributed by atoms with Crippen molar-refractivity contribution in [2.75, 3.05) is 6.26 Å². The zero-order valence-corrected chi connectivity index (χ0v) is 18.8. The Morgan fingerprint density at radius 1 is 1.16 bits per heavy atom. The van der Waals surface area contributed by atoms with Gasteiger partial charge in [0.15, 0.2) is 5.16 Å². The Balaban J connectivity index is 1.67. The van der Waals surface area contributed by atoms with Crippen molar-refractivity contribution in [3.05, 3.63) is 80.9 Å². The minimum Gasteiger partial charge on any atom is -0.486 e. The van der Waals surface area contributed by atoms with Crippen LogP contribution in [-0.2, 0) is 6.61 Å². The molecule has 0 fully saturated rings. The summed E-state index contributed by atoms with van der Waals surface area (Å²) in [7, 11) is 0. The molecule has 0 radical (unpaired) electrons. The molecule has 0 saturated heterocycles. The van der Waals surface area contributed by atoms with Crippen molar-refractivity contribution in [2.24, 2.45) is 0 Å². The minimum absolute atomic E-state index is 0.0718. The number of para-hydroxylation sites is 1.